The van der Waals surface area contributed by atoms with Gasteiger partial charge < -0.3 is 9.88 Å². The average molecular weight is 480 g/mol. The fraction of sp³-hybridized carbons (Fsp3) is 0.227. The molecule has 0 spiro atoms. The van der Waals surface area contributed by atoms with Gasteiger partial charge in [0.2, 0.25) is 5.95 Å². The third-order valence-electron chi connectivity index (χ3n) is 5.78. The number of anilines is 1. The number of nitrogens with zero attached hydrogens (tertiary/aromatic N) is 4. The number of benzene rings is 2. The Hall–Kier alpha value is -3.27. The van der Waals surface area contributed by atoms with Crippen LogP contribution in [0, 0.1) is 18.6 Å². The fourth-order valence-corrected chi connectivity index (χ4v) is 4.40. The molecule has 1 aliphatic heterocycles. The molecule has 0 radical (unpaired) electrons. The van der Waals surface area contributed by atoms with Crippen molar-refractivity contribution in [1.82, 2.24) is 20.2 Å². The van der Waals surface area contributed by atoms with E-state index >= 15 is 4.39 Å². The first-order valence-electron chi connectivity index (χ1n) is 9.93. The number of rotatable bonds is 2. The molecule has 4 aromatic rings. The smallest absolute Gasteiger partial charge is 0.356 e. The molecule has 5 nitrogen and oxygen atoms in total. The molecule has 1 atom stereocenters. The van der Waals surface area contributed by atoms with E-state index in [1.807, 2.05) is 0 Å². The van der Waals surface area contributed by atoms with Gasteiger partial charge in [-0.15, -0.1) is 5.10 Å². The topological polar surface area (TPSA) is 57.7 Å². The second-order valence-electron chi connectivity index (χ2n) is 7.79. The highest BCUT2D eigenvalue weighted by molar-refractivity contribution is 6.31. The molecule has 0 bridgehead atoms. The predicted molar refractivity (Wildman–Crippen MR) is 112 cm³/mol. The van der Waals surface area contributed by atoms with Crippen molar-refractivity contribution in [2.45, 2.75) is 25.6 Å². The normalized spacial score (nSPS) is 16.3. The standard InChI is InChI=1S/C22H15ClF5N5/c1-10-2-4-13(18(25)17(10)24)20-19-12(14-8-11(23)3-5-15(14)30-19)6-7-33(20)21-31-16(9-29-32-21)22(26,27)28/h2-5,8-9,20,30H,6-7H2,1H3. The number of fused-ring (bicyclic) bond motifs is 3. The van der Waals surface area contributed by atoms with E-state index in [1.165, 1.54) is 24.0 Å². The summed E-state index contributed by atoms with van der Waals surface area (Å²) in [7, 11) is 0. The quantitative estimate of drug-likeness (QED) is 0.371. The third kappa shape index (κ3) is 3.58. The van der Waals surface area contributed by atoms with Crippen molar-refractivity contribution in [3.63, 3.8) is 0 Å². The molecule has 5 rings (SSSR count). The van der Waals surface area contributed by atoms with E-state index in [0.29, 0.717) is 28.9 Å². The average Bonchev–Trinajstić information content (AvgIpc) is 3.15. The SMILES string of the molecule is Cc1ccc(C2c3[nH]c4ccc(Cl)cc4c3CCN2c2nncc(C(F)(F)F)n2)c(F)c1F. The summed E-state index contributed by atoms with van der Waals surface area (Å²) in [6, 6.07) is 7.02. The molecule has 1 N–H and O–H groups in total. The minimum atomic E-state index is -4.74. The largest absolute Gasteiger partial charge is 0.435 e. The molecule has 2 aromatic heterocycles. The van der Waals surface area contributed by atoms with Crippen LogP contribution in [0.3, 0.4) is 0 Å². The molecule has 11 heteroatoms. The van der Waals surface area contributed by atoms with E-state index in [9.17, 15) is 17.6 Å². The number of halogens is 6. The number of H-pyrrole nitrogens is 1. The van der Waals surface area contributed by atoms with Crippen molar-refractivity contribution in [3.8, 4) is 0 Å². The highest BCUT2D eigenvalue weighted by Gasteiger charge is 2.38. The van der Waals surface area contributed by atoms with Crippen LogP contribution >= 0.6 is 11.6 Å². The van der Waals surface area contributed by atoms with Gasteiger partial charge in [-0.3, -0.25) is 0 Å². The lowest BCUT2D eigenvalue weighted by Crippen LogP contribution is -2.38. The molecule has 0 saturated heterocycles. The van der Waals surface area contributed by atoms with Crippen LogP contribution in [0.15, 0.2) is 36.5 Å². The van der Waals surface area contributed by atoms with Crippen molar-refractivity contribution in [2.75, 3.05) is 11.4 Å². The van der Waals surface area contributed by atoms with Crippen LogP contribution in [0.1, 0.15) is 34.1 Å². The zero-order valence-electron chi connectivity index (χ0n) is 17.0. The Balaban J connectivity index is 1.74. The lowest BCUT2D eigenvalue weighted by Gasteiger charge is -2.36. The summed E-state index contributed by atoms with van der Waals surface area (Å²) in [5.74, 6) is -2.45. The van der Waals surface area contributed by atoms with Crippen molar-refractivity contribution < 1.29 is 22.0 Å². The second-order valence-corrected chi connectivity index (χ2v) is 8.23. The molecular weight excluding hydrogens is 465 g/mol. The zero-order chi connectivity index (χ0) is 23.5. The highest BCUT2D eigenvalue weighted by atomic mass is 35.5. The first kappa shape index (κ1) is 21.6. The van der Waals surface area contributed by atoms with Crippen LogP contribution in [-0.2, 0) is 12.6 Å². The summed E-state index contributed by atoms with van der Waals surface area (Å²) in [5.41, 5.74) is 0.857. The van der Waals surface area contributed by atoms with Crippen LogP contribution in [0.25, 0.3) is 10.9 Å². The summed E-state index contributed by atoms with van der Waals surface area (Å²) in [6.07, 6.45) is -3.83. The summed E-state index contributed by atoms with van der Waals surface area (Å²) in [5, 5.41) is 8.53. The summed E-state index contributed by atoms with van der Waals surface area (Å²) >= 11 is 6.15. The van der Waals surface area contributed by atoms with Crippen molar-refractivity contribution in [2.24, 2.45) is 0 Å². The number of aromatic nitrogens is 4. The van der Waals surface area contributed by atoms with Gasteiger partial charge in [-0.25, -0.2) is 13.8 Å². The van der Waals surface area contributed by atoms with Gasteiger partial charge in [-0.05, 0) is 42.7 Å². The van der Waals surface area contributed by atoms with Gasteiger partial charge >= 0.3 is 6.18 Å². The van der Waals surface area contributed by atoms with E-state index in [0.717, 1.165) is 10.9 Å². The molecule has 0 aliphatic carbocycles. The van der Waals surface area contributed by atoms with Crippen molar-refractivity contribution in [3.05, 3.63) is 81.3 Å². The lowest BCUT2D eigenvalue weighted by atomic mass is 9.91. The highest BCUT2D eigenvalue weighted by Crippen LogP contribution is 2.42. The summed E-state index contributed by atoms with van der Waals surface area (Å²) < 4.78 is 69.4. The molecule has 33 heavy (non-hydrogen) atoms. The molecule has 170 valence electrons. The van der Waals surface area contributed by atoms with Crippen LogP contribution in [0.2, 0.25) is 5.02 Å². The van der Waals surface area contributed by atoms with Crippen molar-refractivity contribution >= 4 is 28.5 Å². The fourth-order valence-electron chi connectivity index (χ4n) is 4.22. The number of aryl methyl sites for hydroxylation is 1. The number of hydrogen-bond donors (Lipinski definition) is 1. The molecule has 2 aromatic carbocycles. The zero-order valence-corrected chi connectivity index (χ0v) is 17.8. The van der Waals surface area contributed by atoms with Gasteiger partial charge in [0.25, 0.3) is 0 Å². The molecule has 1 aliphatic rings. The Labute approximate surface area is 189 Å². The molecule has 0 amide bonds. The Morgan fingerprint density at radius 3 is 2.67 bits per heavy atom. The van der Waals surface area contributed by atoms with Gasteiger partial charge in [-0.1, -0.05) is 23.7 Å². The van der Waals surface area contributed by atoms with Gasteiger partial charge in [0.15, 0.2) is 17.3 Å². The van der Waals surface area contributed by atoms with Gasteiger partial charge in [0.05, 0.1) is 6.20 Å². The third-order valence-corrected chi connectivity index (χ3v) is 6.02. The van der Waals surface area contributed by atoms with E-state index in [1.54, 1.807) is 18.2 Å². The van der Waals surface area contributed by atoms with Crippen LogP contribution in [0.5, 0.6) is 0 Å². The van der Waals surface area contributed by atoms with Crippen LogP contribution in [-0.4, -0.2) is 26.7 Å². The number of nitrogens with one attached hydrogen (secondary N) is 1. The minimum absolute atomic E-state index is 0.0577. The molecule has 1 unspecified atom stereocenters. The first-order valence-corrected chi connectivity index (χ1v) is 10.3. The maximum atomic E-state index is 15.1. The van der Waals surface area contributed by atoms with Crippen molar-refractivity contribution in [1.29, 1.82) is 0 Å². The number of aromatic amines is 1. The van der Waals surface area contributed by atoms with Crippen LogP contribution in [0.4, 0.5) is 27.9 Å². The van der Waals surface area contributed by atoms with Gasteiger partial charge in [-0.2, -0.15) is 18.3 Å². The van der Waals surface area contributed by atoms with E-state index < -0.39 is 29.5 Å². The lowest BCUT2D eigenvalue weighted by molar-refractivity contribution is -0.141. The summed E-state index contributed by atoms with van der Waals surface area (Å²) in [6.45, 7) is 1.58. The maximum absolute atomic E-state index is 15.1. The van der Waals surface area contributed by atoms with Gasteiger partial charge in [0, 0.05) is 33.7 Å². The summed E-state index contributed by atoms with van der Waals surface area (Å²) in [4.78, 5) is 8.24. The minimum Gasteiger partial charge on any atom is -0.356 e. The number of alkyl halides is 3. The van der Waals surface area contributed by atoms with Crippen LogP contribution < -0.4 is 4.90 Å². The first-order chi connectivity index (χ1) is 15.6. The molecule has 3 heterocycles. The predicted octanol–water partition coefficient (Wildman–Crippen LogP) is 5.76. The van der Waals surface area contributed by atoms with Gasteiger partial charge in [0.1, 0.15) is 6.04 Å². The maximum Gasteiger partial charge on any atom is 0.435 e. The Morgan fingerprint density at radius 1 is 1.12 bits per heavy atom. The molecule has 0 fully saturated rings. The molecule has 0 saturated carbocycles. The van der Waals surface area contributed by atoms with E-state index in [-0.39, 0.29) is 23.6 Å². The van der Waals surface area contributed by atoms with E-state index in [2.05, 4.69) is 20.2 Å². The Morgan fingerprint density at radius 2 is 1.91 bits per heavy atom. The second kappa shape index (κ2) is 7.65. The molecular formula is C22H15ClF5N5. The number of hydrogen-bond acceptors (Lipinski definition) is 4. The monoisotopic (exact) mass is 479 g/mol. The Kier molecular flexibility index (Phi) is 5.00. The Bertz CT molecular complexity index is 1380. The van der Waals surface area contributed by atoms with E-state index in [4.69, 9.17) is 11.6 Å².